The maximum absolute atomic E-state index is 11.9. The predicted molar refractivity (Wildman–Crippen MR) is 69.4 cm³/mol. The van der Waals surface area contributed by atoms with Crippen LogP contribution in [0.2, 0.25) is 0 Å². The first-order chi connectivity index (χ1) is 9.24. The van der Waals surface area contributed by atoms with E-state index in [1.165, 1.54) is 0 Å². The van der Waals surface area contributed by atoms with Crippen molar-refractivity contribution in [2.24, 2.45) is 11.8 Å². The van der Waals surface area contributed by atoms with E-state index in [-0.39, 0.29) is 12.0 Å². The van der Waals surface area contributed by atoms with Gasteiger partial charge in [0.1, 0.15) is 12.4 Å². The molecule has 0 N–H and O–H groups in total. The monoisotopic (exact) mass is 259 g/mol. The highest BCUT2D eigenvalue weighted by atomic mass is 16.6. The van der Waals surface area contributed by atoms with Gasteiger partial charge in [-0.05, 0) is 17.9 Å². The van der Waals surface area contributed by atoms with Crippen molar-refractivity contribution >= 4 is 11.9 Å². The molecule has 1 saturated heterocycles. The van der Waals surface area contributed by atoms with E-state index in [9.17, 15) is 9.59 Å². The molecule has 1 aliphatic carbocycles. The zero-order chi connectivity index (χ0) is 13.2. The second-order valence-corrected chi connectivity index (χ2v) is 5.32. The van der Waals surface area contributed by atoms with Crippen molar-refractivity contribution in [3.05, 3.63) is 35.9 Å². The van der Waals surface area contributed by atoms with Crippen molar-refractivity contribution < 1.29 is 14.3 Å². The van der Waals surface area contributed by atoms with Crippen LogP contribution in [0, 0.1) is 11.8 Å². The van der Waals surface area contributed by atoms with Crippen LogP contribution in [0.5, 0.6) is 0 Å². The first kappa shape index (κ1) is 12.2. The highest BCUT2D eigenvalue weighted by Gasteiger charge is 2.43. The van der Waals surface area contributed by atoms with Crippen LogP contribution in [-0.2, 0) is 16.1 Å². The van der Waals surface area contributed by atoms with Gasteiger partial charge in [0.15, 0.2) is 0 Å². The van der Waals surface area contributed by atoms with Gasteiger partial charge in [0.05, 0.1) is 0 Å². The Morgan fingerprint density at radius 2 is 2.05 bits per heavy atom. The Kier molecular flexibility index (Phi) is 3.23. The fraction of sp³-hybridized carbons (Fsp3) is 0.467. The third-order valence-electron chi connectivity index (χ3n) is 4.08. The molecule has 0 aromatic heterocycles. The van der Waals surface area contributed by atoms with E-state index in [0.717, 1.165) is 12.0 Å². The number of Topliss-reactive ketones (excluding diaryl/α,β-unsaturated/α-hetero) is 1. The summed E-state index contributed by atoms with van der Waals surface area (Å²) in [6.07, 6.45) is 1.31. The summed E-state index contributed by atoms with van der Waals surface area (Å²) in [4.78, 5) is 25.2. The van der Waals surface area contributed by atoms with Crippen molar-refractivity contribution in [3.63, 3.8) is 0 Å². The number of carbonyl (C=O) groups is 2. The fourth-order valence-electron chi connectivity index (χ4n) is 3.00. The minimum absolute atomic E-state index is 0.0595. The summed E-state index contributed by atoms with van der Waals surface area (Å²) in [6.45, 7) is 1.50. The number of hydrogen-bond donors (Lipinski definition) is 0. The summed E-state index contributed by atoms with van der Waals surface area (Å²) in [5.41, 5.74) is 0.978. The van der Waals surface area contributed by atoms with Gasteiger partial charge in [0, 0.05) is 25.4 Å². The Balaban J connectivity index is 1.53. The molecule has 0 radical (unpaired) electrons. The van der Waals surface area contributed by atoms with Crippen LogP contribution in [-0.4, -0.2) is 29.9 Å². The molecule has 1 saturated carbocycles. The van der Waals surface area contributed by atoms with Gasteiger partial charge in [0.25, 0.3) is 0 Å². The number of nitrogens with zero attached hydrogens (tertiary/aromatic N) is 1. The normalized spacial score (nSPS) is 25.5. The van der Waals surface area contributed by atoms with Gasteiger partial charge in [-0.2, -0.15) is 0 Å². The second-order valence-electron chi connectivity index (χ2n) is 5.32. The third kappa shape index (κ3) is 2.48. The van der Waals surface area contributed by atoms with Gasteiger partial charge >= 0.3 is 6.09 Å². The van der Waals surface area contributed by atoms with Crippen LogP contribution in [0.15, 0.2) is 30.3 Å². The number of hydrogen-bond acceptors (Lipinski definition) is 3. The number of carbonyl (C=O) groups excluding carboxylic acids is 2. The van der Waals surface area contributed by atoms with Gasteiger partial charge in [-0.1, -0.05) is 30.3 Å². The molecule has 0 bridgehead atoms. The number of benzene rings is 1. The number of ketones is 1. The number of amides is 1. The first-order valence-electron chi connectivity index (χ1n) is 6.72. The summed E-state index contributed by atoms with van der Waals surface area (Å²) >= 11 is 0. The Labute approximate surface area is 112 Å². The van der Waals surface area contributed by atoms with Gasteiger partial charge in [0.2, 0.25) is 0 Å². The van der Waals surface area contributed by atoms with Crippen molar-refractivity contribution in [1.82, 2.24) is 4.90 Å². The smallest absolute Gasteiger partial charge is 0.410 e. The lowest BCUT2D eigenvalue weighted by Gasteiger charge is -2.16. The van der Waals surface area contributed by atoms with E-state index >= 15 is 0 Å². The summed E-state index contributed by atoms with van der Waals surface area (Å²) in [5, 5.41) is 0. The zero-order valence-electron chi connectivity index (χ0n) is 10.7. The molecular formula is C15H17NO3. The van der Waals surface area contributed by atoms with Crippen molar-refractivity contribution in [3.8, 4) is 0 Å². The highest BCUT2D eigenvalue weighted by Crippen LogP contribution is 2.35. The Hall–Kier alpha value is -1.84. The standard InChI is InChI=1S/C15H17NO3/c17-14-7-6-12-8-16(9-13(12)14)15(18)19-10-11-4-2-1-3-5-11/h1-5,12-13H,6-10H2/t12-,13-/m0/s1. The van der Waals surface area contributed by atoms with Gasteiger partial charge in [-0.15, -0.1) is 0 Å². The lowest BCUT2D eigenvalue weighted by atomic mass is 10.0. The summed E-state index contributed by atoms with van der Waals surface area (Å²) in [7, 11) is 0. The fourth-order valence-corrected chi connectivity index (χ4v) is 3.00. The van der Waals surface area contributed by atoms with Gasteiger partial charge in [-0.3, -0.25) is 4.79 Å². The number of likely N-dealkylation sites (tertiary alicyclic amines) is 1. The van der Waals surface area contributed by atoms with Crippen LogP contribution in [0.1, 0.15) is 18.4 Å². The molecule has 4 heteroatoms. The van der Waals surface area contributed by atoms with Gasteiger partial charge in [-0.25, -0.2) is 4.79 Å². The van der Waals surface area contributed by atoms with E-state index < -0.39 is 0 Å². The molecule has 2 aliphatic rings. The van der Waals surface area contributed by atoms with Crippen molar-refractivity contribution in [1.29, 1.82) is 0 Å². The Morgan fingerprint density at radius 3 is 2.79 bits per heavy atom. The molecule has 1 heterocycles. The van der Waals surface area contributed by atoms with Gasteiger partial charge < -0.3 is 9.64 Å². The lowest BCUT2D eigenvalue weighted by molar-refractivity contribution is -0.120. The highest BCUT2D eigenvalue weighted by molar-refractivity contribution is 5.85. The molecular weight excluding hydrogens is 242 g/mol. The van der Waals surface area contributed by atoms with Crippen LogP contribution < -0.4 is 0 Å². The predicted octanol–water partition coefficient (Wildman–Crippen LogP) is 2.23. The van der Waals surface area contributed by atoms with Crippen molar-refractivity contribution in [2.75, 3.05) is 13.1 Å². The van der Waals surface area contributed by atoms with E-state index in [1.54, 1.807) is 4.90 Å². The number of ether oxygens (including phenoxy) is 1. The molecule has 0 spiro atoms. The summed E-state index contributed by atoms with van der Waals surface area (Å²) in [5.74, 6) is 0.726. The third-order valence-corrected chi connectivity index (χ3v) is 4.08. The molecule has 1 aromatic carbocycles. The van der Waals surface area contributed by atoms with Crippen LogP contribution in [0.25, 0.3) is 0 Å². The molecule has 19 heavy (non-hydrogen) atoms. The number of rotatable bonds is 2. The molecule has 4 nitrogen and oxygen atoms in total. The second kappa shape index (κ2) is 5.03. The topological polar surface area (TPSA) is 46.6 Å². The summed E-state index contributed by atoms with van der Waals surface area (Å²) < 4.78 is 5.29. The van der Waals surface area contributed by atoms with Crippen LogP contribution >= 0.6 is 0 Å². The van der Waals surface area contributed by atoms with E-state index in [2.05, 4.69) is 0 Å². The maximum atomic E-state index is 11.9. The molecule has 1 amide bonds. The lowest BCUT2D eigenvalue weighted by Crippen LogP contribution is -2.30. The van der Waals surface area contributed by atoms with E-state index in [4.69, 9.17) is 4.74 Å². The SMILES string of the molecule is O=C1CC[C@H]2CN(C(=O)OCc3ccccc3)C[C@H]12. The molecule has 1 aliphatic heterocycles. The molecule has 0 unspecified atom stereocenters. The quantitative estimate of drug-likeness (QED) is 0.818. The molecule has 100 valence electrons. The van der Waals surface area contributed by atoms with Crippen LogP contribution in [0.4, 0.5) is 4.79 Å². The molecule has 2 fully saturated rings. The minimum Gasteiger partial charge on any atom is -0.445 e. The largest absolute Gasteiger partial charge is 0.445 e. The Morgan fingerprint density at radius 1 is 1.26 bits per heavy atom. The zero-order valence-corrected chi connectivity index (χ0v) is 10.7. The molecule has 1 aromatic rings. The average Bonchev–Trinajstić information content (AvgIpc) is 3.00. The van der Waals surface area contributed by atoms with Crippen LogP contribution in [0.3, 0.4) is 0 Å². The summed E-state index contributed by atoms with van der Waals surface area (Å²) in [6, 6.07) is 9.62. The molecule has 3 rings (SSSR count). The first-order valence-corrected chi connectivity index (χ1v) is 6.72. The average molecular weight is 259 g/mol. The van der Waals surface area contributed by atoms with Crippen molar-refractivity contribution in [2.45, 2.75) is 19.4 Å². The van der Waals surface area contributed by atoms with E-state index in [1.807, 2.05) is 30.3 Å². The van der Waals surface area contributed by atoms with E-state index in [0.29, 0.717) is 37.8 Å². The molecule has 2 atom stereocenters. The maximum Gasteiger partial charge on any atom is 0.410 e. The Bertz CT molecular complexity index is 485. The number of fused-ring (bicyclic) bond motifs is 1. The minimum atomic E-state index is -0.300.